The standard InChI is InChI=1S/C17H27NO2/c1-13(2)10-18-12-17(9-14-5-7-19-11-14)6-8-20-16(17)15-3-4-15/h5,7,11,13,15-16,18H,3-4,6,8-10,12H2,1-2H3. The van der Waals surface area contributed by atoms with Crippen LogP contribution in [0.1, 0.15) is 38.7 Å². The van der Waals surface area contributed by atoms with Crippen LogP contribution >= 0.6 is 0 Å². The minimum Gasteiger partial charge on any atom is -0.472 e. The largest absolute Gasteiger partial charge is 0.472 e. The third kappa shape index (κ3) is 3.09. The van der Waals surface area contributed by atoms with Gasteiger partial charge in [-0.25, -0.2) is 0 Å². The molecule has 1 N–H and O–H groups in total. The predicted molar refractivity (Wildman–Crippen MR) is 79.6 cm³/mol. The van der Waals surface area contributed by atoms with Gasteiger partial charge >= 0.3 is 0 Å². The summed E-state index contributed by atoms with van der Waals surface area (Å²) < 4.78 is 11.4. The van der Waals surface area contributed by atoms with Crippen molar-refractivity contribution in [3.63, 3.8) is 0 Å². The maximum Gasteiger partial charge on any atom is 0.0934 e. The molecule has 20 heavy (non-hydrogen) atoms. The Bertz CT molecular complexity index is 411. The topological polar surface area (TPSA) is 34.4 Å². The van der Waals surface area contributed by atoms with Gasteiger partial charge in [-0.1, -0.05) is 13.8 Å². The summed E-state index contributed by atoms with van der Waals surface area (Å²) in [6.07, 6.45) is 9.07. The van der Waals surface area contributed by atoms with Crippen LogP contribution in [0.15, 0.2) is 23.0 Å². The molecule has 0 amide bonds. The van der Waals surface area contributed by atoms with Crippen molar-refractivity contribution in [1.29, 1.82) is 0 Å². The first-order chi connectivity index (χ1) is 9.70. The van der Waals surface area contributed by atoms with E-state index >= 15 is 0 Å². The highest BCUT2D eigenvalue weighted by Crippen LogP contribution is 2.49. The third-order valence-electron chi connectivity index (χ3n) is 4.72. The zero-order valence-corrected chi connectivity index (χ0v) is 12.7. The molecular formula is C17H27NO2. The zero-order chi connectivity index (χ0) is 14.0. The highest BCUT2D eigenvalue weighted by Gasteiger charge is 2.50. The van der Waals surface area contributed by atoms with Crippen LogP contribution in [0.3, 0.4) is 0 Å². The van der Waals surface area contributed by atoms with E-state index in [0.29, 0.717) is 12.0 Å². The lowest BCUT2D eigenvalue weighted by Gasteiger charge is -2.35. The average Bonchev–Trinajstić information content (AvgIpc) is 2.96. The molecule has 2 aliphatic rings. The maximum atomic E-state index is 6.13. The molecule has 3 nitrogen and oxygen atoms in total. The highest BCUT2D eigenvalue weighted by atomic mass is 16.5. The molecule has 3 rings (SSSR count). The first kappa shape index (κ1) is 14.2. The van der Waals surface area contributed by atoms with E-state index in [1.54, 1.807) is 6.26 Å². The summed E-state index contributed by atoms with van der Waals surface area (Å²) in [4.78, 5) is 0. The quantitative estimate of drug-likeness (QED) is 0.830. The normalized spacial score (nSPS) is 30.2. The van der Waals surface area contributed by atoms with Crippen LogP contribution in [0.4, 0.5) is 0 Å². The molecule has 0 spiro atoms. The van der Waals surface area contributed by atoms with Crippen molar-refractivity contribution in [2.24, 2.45) is 17.3 Å². The Morgan fingerprint density at radius 3 is 2.90 bits per heavy atom. The zero-order valence-electron chi connectivity index (χ0n) is 12.7. The molecule has 0 radical (unpaired) electrons. The summed E-state index contributed by atoms with van der Waals surface area (Å²) in [5.41, 5.74) is 1.58. The molecule has 1 saturated carbocycles. The second-order valence-electron chi connectivity index (χ2n) is 7.07. The van der Waals surface area contributed by atoms with E-state index < -0.39 is 0 Å². The lowest BCUT2D eigenvalue weighted by molar-refractivity contribution is 0.0303. The molecule has 1 aliphatic heterocycles. The second kappa shape index (κ2) is 5.90. The molecule has 2 unspecified atom stereocenters. The molecular weight excluding hydrogens is 250 g/mol. The fourth-order valence-electron chi connectivity index (χ4n) is 3.59. The summed E-state index contributed by atoms with van der Waals surface area (Å²) >= 11 is 0. The minimum absolute atomic E-state index is 0.264. The van der Waals surface area contributed by atoms with E-state index in [1.807, 2.05) is 6.26 Å². The summed E-state index contributed by atoms with van der Waals surface area (Å²) in [5, 5.41) is 3.68. The van der Waals surface area contributed by atoms with E-state index in [-0.39, 0.29) is 5.41 Å². The van der Waals surface area contributed by atoms with Crippen LogP contribution in [0, 0.1) is 17.3 Å². The Labute approximate surface area is 122 Å². The smallest absolute Gasteiger partial charge is 0.0934 e. The molecule has 2 fully saturated rings. The van der Waals surface area contributed by atoms with Gasteiger partial charge in [0.05, 0.1) is 18.6 Å². The highest BCUT2D eigenvalue weighted by molar-refractivity contribution is 5.13. The molecule has 0 bridgehead atoms. The molecule has 1 aromatic rings. The molecule has 112 valence electrons. The summed E-state index contributed by atoms with van der Waals surface area (Å²) in [6.45, 7) is 7.60. The van der Waals surface area contributed by atoms with Crippen molar-refractivity contribution < 1.29 is 9.15 Å². The third-order valence-corrected chi connectivity index (χ3v) is 4.72. The number of furan rings is 1. The monoisotopic (exact) mass is 277 g/mol. The van der Waals surface area contributed by atoms with Gasteiger partial charge in [0.2, 0.25) is 0 Å². The van der Waals surface area contributed by atoms with Crippen LogP contribution in [0.5, 0.6) is 0 Å². The van der Waals surface area contributed by atoms with Gasteiger partial charge < -0.3 is 14.5 Å². The van der Waals surface area contributed by atoms with E-state index in [9.17, 15) is 0 Å². The Balaban J connectivity index is 1.71. The molecule has 1 saturated heterocycles. The Morgan fingerprint density at radius 1 is 1.40 bits per heavy atom. The molecule has 2 atom stereocenters. The van der Waals surface area contributed by atoms with Crippen LogP contribution < -0.4 is 5.32 Å². The van der Waals surface area contributed by atoms with Crippen molar-refractivity contribution in [2.45, 2.75) is 45.6 Å². The van der Waals surface area contributed by atoms with Crippen molar-refractivity contribution >= 4 is 0 Å². The van der Waals surface area contributed by atoms with Crippen LogP contribution in [0.2, 0.25) is 0 Å². The fourth-order valence-corrected chi connectivity index (χ4v) is 3.59. The Kier molecular flexibility index (Phi) is 4.18. The minimum atomic E-state index is 0.264. The lowest BCUT2D eigenvalue weighted by Crippen LogP contribution is -2.44. The SMILES string of the molecule is CC(C)CNCC1(Cc2ccoc2)CCOC1C1CC1. The number of nitrogens with one attached hydrogen (secondary N) is 1. The van der Waals surface area contributed by atoms with Crippen LogP contribution in [0.25, 0.3) is 0 Å². The van der Waals surface area contributed by atoms with E-state index in [0.717, 1.165) is 32.0 Å². The van der Waals surface area contributed by atoms with Gasteiger partial charge in [-0.2, -0.15) is 0 Å². The lowest BCUT2D eigenvalue weighted by atomic mass is 9.74. The average molecular weight is 277 g/mol. The first-order valence-corrected chi connectivity index (χ1v) is 8.03. The van der Waals surface area contributed by atoms with Crippen molar-refractivity contribution in [2.75, 3.05) is 19.7 Å². The molecule has 3 heteroatoms. The van der Waals surface area contributed by atoms with Gasteiger partial charge in [0.25, 0.3) is 0 Å². The molecule has 2 heterocycles. The maximum absolute atomic E-state index is 6.13. The Morgan fingerprint density at radius 2 is 2.25 bits per heavy atom. The van der Waals surface area contributed by atoms with Crippen molar-refractivity contribution in [3.8, 4) is 0 Å². The van der Waals surface area contributed by atoms with E-state index in [1.165, 1.54) is 24.8 Å². The fraction of sp³-hybridized carbons (Fsp3) is 0.765. The van der Waals surface area contributed by atoms with Gasteiger partial charge in [-0.3, -0.25) is 0 Å². The predicted octanol–water partition coefficient (Wildman–Crippen LogP) is 3.25. The number of ether oxygens (including phenoxy) is 1. The van der Waals surface area contributed by atoms with E-state index in [4.69, 9.17) is 9.15 Å². The van der Waals surface area contributed by atoms with Gasteiger partial charge in [-0.05, 0) is 55.7 Å². The molecule has 1 aromatic heterocycles. The van der Waals surface area contributed by atoms with Crippen molar-refractivity contribution in [1.82, 2.24) is 5.32 Å². The summed E-state index contributed by atoms with van der Waals surface area (Å²) in [6, 6.07) is 2.10. The number of hydrogen-bond acceptors (Lipinski definition) is 3. The van der Waals surface area contributed by atoms with Crippen LogP contribution in [-0.2, 0) is 11.2 Å². The molecule has 0 aromatic carbocycles. The van der Waals surface area contributed by atoms with Crippen molar-refractivity contribution in [3.05, 3.63) is 24.2 Å². The van der Waals surface area contributed by atoms with Gasteiger partial charge in [0.1, 0.15) is 0 Å². The van der Waals surface area contributed by atoms with Gasteiger partial charge in [-0.15, -0.1) is 0 Å². The van der Waals surface area contributed by atoms with E-state index in [2.05, 4.69) is 25.2 Å². The summed E-state index contributed by atoms with van der Waals surface area (Å²) in [5.74, 6) is 1.49. The number of hydrogen-bond donors (Lipinski definition) is 1. The summed E-state index contributed by atoms with van der Waals surface area (Å²) in [7, 11) is 0. The Hall–Kier alpha value is -0.800. The van der Waals surface area contributed by atoms with Gasteiger partial charge in [0, 0.05) is 18.6 Å². The number of rotatable bonds is 7. The van der Waals surface area contributed by atoms with Gasteiger partial charge in [0.15, 0.2) is 0 Å². The first-order valence-electron chi connectivity index (χ1n) is 8.03. The molecule has 1 aliphatic carbocycles. The van der Waals surface area contributed by atoms with Crippen LogP contribution in [-0.4, -0.2) is 25.8 Å². The second-order valence-corrected chi connectivity index (χ2v) is 7.07.